The van der Waals surface area contributed by atoms with Gasteiger partial charge in [-0.05, 0) is 39.0 Å². The summed E-state index contributed by atoms with van der Waals surface area (Å²) in [6.45, 7) is 8.04. The van der Waals surface area contributed by atoms with E-state index >= 15 is 0 Å². The minimum Gasteiger partial charge on any atom is -0.262 e. The Balaban J connectivity index is 2.04. The maximum atomic E-state index is 4.75. The summed E-state index contributed by atoms with van der Waals surface area (Å²) in [4.78, 5) is 13.7. The zero-order valence-electron chi connectivity index (χ0n) is 14.7. The van der Waals surface area contributed by atoms with Crippen molar-refractivity contribution in [3.05, 3.63) is 53.5 Å². The number of aryl methyl sites for hydroxylation is 4. The highest BCUT2D eigenvalue weighted by Crippen LogP contribution is 2.28. The molecule has 0 aliphatic rings. The van der Waals surface area contributed by atoms with E-state index in [0.717, 1.165) is 52.0 Å². The Morgan fingerprint density at radius 3 is 2.64 bits per heavy atom. The van der Waals surface area contributed by atoms with Gasteiger partial charge in [0.2, 0.25) is 0 Å². The lowest BCUT2D eigenvalue weighted by molar-refractivity contribution is 0.839. The molecule has 0 fully saturated rings. The summed E-state index contributed by atoms with van der Waals surface area (Å²) >= 11 is 0. The van der Waals surface area contributed by atoms with E-state index in [4.69, 9.17) is 9.97 Å². The lowest BCUT2D eigenvalue weighted by Gasteiger charge is -2.05. The molecule has 0 unspecified atom stereocenters. The van der Waals surface area contributed by atoms with E-state index in [9.17, 15) is 0 Å². The highest BCUT2D eigenvalue weighted by molar-refractivity contribution is 5.76. The van der Waals surface area contributed by atoms with Crippen LogP contribution in [0.25, 0.3) is 22.7 Å². The monoisotopic (exact) mass is 333 g/mol. The van der Waals surface area contributed by atoms with Crippen molar-refractivity contribution in [2.24, 2.45) is 0 Å². The van der Waals surface area contributed by atoms with Gasteiger partial charge in [0.1, 0.15) is 0 Å². The summed E-state index contributed by atoms with van der Waals surface area (Å²) in [5.41, 5.74) is 5.45. The molecule has 4 rings (SSSR count). The summed E-state index contributed by atoms with van der Waals surface area (Å²) < 4.78 is 3.70. The average molecular weight is 333 g/mol. The minimum atomic E-state index is 0.745. The fourth-order valence-corrected chi connectivity index (χ4v) is 3.01. The second-order valence-electron chi connectivity index (χ2n) is 6.06. The van der Waals surface area contributed by atoms with Crippen molar-refractivity contribution in [2.45, 2.75) is 34.1 Å². The first kappa shape index (κ1) is 15.4. The smallest absolute Gasteiger partial charge is 0.169 e. The molecule has 0 radical (unpaired) electrons. The first-order chi connectivity index (χ1) is 12.1. The molecule has 4 heterocycles. The van der Waals surface area contributed by atoms with Gasteiger partial charge in [0.05, 0.1) is 23.1 Å². The summed E-state index contributed by atoms with van der Waals surface area (Å²) in [7, 11) is 0. The zero-order valence-corrected chi connectivity index (χ0v) is 14.7. The molecule has 25 heavy (non-hydrogen) atoms. The lowest BCUT2D eigenvalue weighted by atomic mass is 10.2. The molecular weight excluding hydrogens is 314 g/mol. The summed E-state index contributed by atoms with van der Waals surface area (Å²) in [5, 5.41) is 9.31. The molecule has 4 aromatic heterocycles. The highest BCUT2D eigenvalue weighted by atomic mass is 15.4. The summed E-state index contributed by atoms with van der Waals surface area (Å²) in [5.74, 6) is 1.52. The molecule has 4 aromatic rings. The Labute approximate surface area is 145 Å². The van der Waals surface area contributed by atoms with E-state index in [1.54, 1.807) is 12.4 Å². The third kappa shape index (κ3) is 2.48. The third-order valence-electron chi connectivity index (χ3n) is 4.15. The lowest BCUT2D eigenvalue weighted by Crippen LogP contribution is -2.02. The van der Waals surface area contributed by atoms with Crippen molar-refractivity contribution in [3.8, 4) is 17.1 Å². The van der Waals surface area contributed by atoms with E-state index < -0.39 is 0 Å². The summed E-state index contributed by atoms with van der Waals surface area (Å²) in [6.07, 6.45) is 4.28. The van der Waals surface area contributed by atoms with Crippen LogP contribution in [0.2, 0.25) is 0 Å². The van der Waals surface area contributed by atoms with Gasteiger partial charge < -0.3 is 0 Å². The number of hydrogen-bond acceptors (Lipinski definition) is 5. The van der Waals surface area contributed by atoms with Crippen molar-refractivity contribution in [1.82, 2.24) is 34.3 Å². The number of rotatable bonds is 3. The summed E-state index contributed by atoms with van der Waals surface area (Å²) in [6, 6.07) is 5.88. The number of pyridine rings is 1. The van der Waals surface area contributed by atoms with Gasteiger partial charge in [-0.3, -0.25) is 4.98 Å². The molecule has 0 aliphatic heterocycles. The van der Waals surface area contributed by atoms with Gasteiger partial charge in [0.15, 0.2) is 17.3 Å². The third-order valence-corrected chi connectivity index (χ3v) is 4.15. The number of hydrogen-bond donors (Lipinski definition) is 0. The van der Waals surface area contributed by atoms with Crippen molar-refractivity contribution < 1.29 is 0 Å². The largest absolute Gasteiger partial charge is 0.262 e. The topological polar surface area (TPSA) is 73.8 Å². The minimum absolute atomic E-state index is 0.745. The van der Waals surface area contributed by atoms with Gasteiger partial charge in [-0.15, -0.1) is 0 Å². The van der Waals surface area contributed by atoms with Crippen LogP contribution in [0.3, 0.4) is 0 Å². The van der Waals surface area contributed by atoms with Gasteiger partial charge >= 0.3 is 0 Å². The van der Waals surface area contributed by atoms with Crippen LogP contribution in [-0.4, -0.2) is 34.3 Å². The zero-order chi connectivity index (χ0) is 17.6. The van der Waals surface area contributed by atoms with Gasteiger partial charge in [0.25, 0.3) is 0 Å². The van der Waals surface area contributed by atoms with Gasteiger partial charge in [0, 0.05) is 24.0 Å². The molecule has 7 heteroatoms. The first-order valence-electron chi connectivity index (χ1n) is 8.28. The Bertz CT molecular complexity index is 1060. The van der Waals surface area contributed by atoms with Gasteiger partial charge in [-0.25, -0.2) is 19.2 Å². The second kappa shape index (κ2) is 5.77. The van der Waals surface area contributed by atoms with Gasteiger partial charge in [-0.2, -0.15) is 10.2 Å². The molecular formula is C18H19N7. The molecule has 0 bridgehead atoms. The molecule has 0 N–H and O–H groups in total. The maximum absolute atomic E-state index is 4.75. The van der Waals surface area contributed by atoms with E-state index in [0.29, 0.717) is 0 Å². The SMILES string of the molecule is CCc1nc(-c2c(C)nn3c(C)cc(C)nc23)n(-c2cccnc2)n1. The fourth-order valence-electron chi connectivity index (χ4n) is 3.01. The van der Waals surface area contributed by atoms with E-state index in [2.05, 4.69) is 15.2 Å². The van der Waals surface area contributed by atoms with Crippen molar-refractivity contribution in [2.75, 3.05) is 0 Å². The van der Waals surface area contributed by atoms with Crippen molar-refractivity contribution >= 4 is 5.65 Å². The second-order valence-corrected chi connectivity index (χ2v) is 6.06. The molecule has 0 spiro atoms. The molecule has 0 amide bonds. The molecule has 0 aliphatic carbocycles. The number of aromatic nitrogens is 7. The Morgan fingerprint density at radius 1 is 1.08 bits per heavy atom. The Kier molecular flexibility index (Phi) is 3.56. The van der Waals surface area contributed by atoms with Crippen LogP contribution < -0.4 is 0 Å². The average Bonchev–Trinajstić information content (AvgIpc) is 3.16. The molecule has 126 valence electrons. The molecule has 0 saturated carbocycles. The Hall–Kier alpha value is -3.09. The van der Waals surface area contributed by atoms with E-state index in [-0.39, 0.29) is 0 Å². The quantitative estimate of drug-likeness (QED) is 0.576. The van der Waals surface area contributed by atoms with Gasteiger partial charge in [-0.1, -0.05) is 6.92 Å². The van der Waals surface area contributed by atoms with Crippen LogP contribution in [-0.2, 0) is 6.42 Å². The molecule has 0 aromatic carbocycles. The highest BCUT2D eigenvalue weighted by Gasteiger charge is 2.22. The predicted octanol–water partition coefficient (Wildman–Crippen LogP) is 2.86. The molecule has 7 nitrogen and oxygen atoms in total. The van der Waals surface area contributed by atoms with Crippen LogP contribution in [0.15, 0.2) is 30.6 Å². The van der Waals surface area contributed by atoms with E-state index in [1.807, 2.05) is 55.1 Å². The first-order valence-corrected chi connectivity index (χ1v) is 8.28. The standard InChI is InChI=1S/C18H19N7/c1-5-15-21-18(25(23-15)14-7-6-8-19-10-14)16-13(4)22-24-12(3)9-11(2)20-17(16)24/h6-10H,5H2,1-4H3. The normalized spacial score (nSPS) is 11.4. The van der Waals surface area contributed by atoms with Crippen LogP contribution >= 0.6 is 0 Å². The number of nitrogens with zero attached hydrogens (tertiary/aromatic N) is 7. The van der Waals surface area contributed by atoms with Crippen LogP contribution in [0, 0.1) is 20.8 Å². The van der Waals surface area contributed by atoms with Crippen LogP contribution in [0.5, 0.6) is 0 Å². The Morgan fingerprint density at radius 2 is 1.92 bits per heavy atom. The number of fused-ring (bicyclic) bond motifs is 1. The molecule has 0 saturated heterocycles. The molecule has 0 atom stereocenters. The fraction of sp³-hybridized carbons (Fsp3) is 0.278. The van der Waals surface area contributed by atoms with Crippen LogP contribution in [0.4, 0.5) is 0 Å². The van der Waals surface area contributed by atoms with E-state index in [1.165, 1.54) is 0 Å². The maximum Gasteiger partial charge on any atom is 0.169 e. The van der Waals surface area contributed by atoms with Crippen molar-refractivity contribution in [1.29, 1.82) is 0 Å². The predicted molar refractivity (Wildman–Crippen MR) is 94.7 cm³/mol. The van der Waals surface area contributed by atoms with Crippen LogP contribution in [0.1, 0.15) is 29.8 Å². The van der Waals surface area contributed by atoms with Crippen molar-refractivity contribution in [3.63, 3.8) is 0 Å².